The molecule has 0 aliphatic rings. The van der Waals surface area contributed by atoms with Crippen LogP contribution in [0.15, 0.2) is 32.7 Å². The molecule has 0 aromatic heterocycles. The Morgan fingerprint density at radius 1 is 1.33 bits per heavy atom. The van der Waals surface area contributed by atoms with Crippen LogP contribution in [-0.2, 0) is 4.79 Å². The SMILES string of the molecule is CC/C(=C\c1cc(Br)cc(Br)c1)C(=O)O. The maximum absolute atomic E-state index is 10.8. The first kappa shape index (κ1) is 12.5. The summed E-state index contributed by atoms with van der Waals surface area (Å²) in [5.41, 5.74) is 1.27. The molecule has 15 heavy (non-hydrogen) atoms. The van der Waals surface area contributed by atoms with Crippen molar-refractivity contribution in [1.82, 2.24) is 0 Å². The minimum atomic E-state index is -0.867. The third-order valence-electron chi connectivity index (χ3n) is 1.88. The fourth-order valence-corrected chi connectivity index (χ4v) is 2.50. The van der Waals surface area contributed by atoms with Crippen LogP contribution in [0.4, 0.5) is 0 Å². The quantitative estimate of drug-likeness (QED) is 0.846. The number of hydrogen-bond donors (Lipinski definition) is 1. The van der Waals surface area contributed by atoms with Crippen molar-refractivity contribution in [2.75, 3.05) is 0 Å². The summed E-state index contributed by atoms with van der Waals surface area (Å²) < 4.78 is 1.84. The number of aliphatic carboxylic acids is 1. The average Bonchev–Trinajstić information content (AvgIpc) is 2.12. The van der Waals surface area contributed by atoms with E-state index in [1.165, 1.54) is 0 Å². The monoisotopic (exact) mass is 332 g/mol. The second-order valence-electron chi connectivity index (χ2n) is 3.03. The van der Waals surface area contributed by atoms with Crippen LogP contribution in [0.3, 0.4) is 0 Å². The largest absolute Gasteiger partial charge is 0.478 e. The van der Waals surface area contributed by atoms with E-state index < -0.39 is 5.97 Å². The Balaban J connectivity index is 3.11. The number of carboxylic acids is 1. The number of rotatable bonds is 3. The molecule has 1 aromatic carbocycles. The molecule has 0 atom stereocenters. The highest BCUT2D eigenvalue weighted by Gasteiger charge is 2.04. The van der Waals surface area contributed by atoms with Crippen molar-refractivity contribution in [3.8, 4) is 0 Å². The Morgan fingerprint density at radius 3 is 2.27 bits per heavy atom. The maximum Gasteiger partial charge on any atom is 0.331 e. The van der Waals surface area contributed by atoms with E-state index in [0.29, 0.717) is 12.0 Å². The predicted octanol–water partition coefficient (Wildman–Crippen LogP) is 4.09. The second kappa shape index (κ2) is 5.47. The Bertz CT molecular complexity index is 391. The van der Waals surface area contributed by atoms with E-state index in [1.807, 2.05) is 25.1 Å². The highest BCUT2D eigenvalue weighted by Crippen LogP contribution is 2.22. The predicted molar refractivity (Wildman–Crippen MR) is 67.7 cm³/mol. The lowest BCUT2D eigenvalue weighted by Gasteiger charge is -2.00. The summed E-state index contributed by atoms with van der Waals surface area (Å²) in [5, 5.41) is 8.88. The number of halogens is 2. The summed E-state index contributed by atoms with van der Waals surface area (Å²) in [4.78, 5) is 10.8. The highest BCUT2D eigenvalue weighted by atomic mass is 79.9. The lowest BCUT2D eigenvalue weighted by Crippen LogP contribution is -1.98. The van der Waals surface area contributed by atoms with Gasteiger partial charge in [0.1, 0.15) is 0 Å². The van der Waals surface area contributed by atoms with Crippen LogP contribution in [0.25, 0.3) is 6.08 Å². The van der Waals surface area contributed by atoms with Gasteiger partial charge in [0.15, 0.2) is 0 Å². The minimum Gasteiger partial charge on any atom is -0.478 e. The molecule has 0 bridgehead atoms. The molecule has 2 nitrogen and oxygen atoms in total. The molecule has 0 aliphatic carbocycles. The fourth-order valence-electron chi connectivity index (χ4n) is 1.17. The molecule has 0 saturated carbocycles. The maximum atomic E-state index is 10.8. The zero-order chi connectivity index (χ0) is 11.4. The van der Waals surface area contributed by atoms with Crippen molar-refractivity contribution in [1.29, 1.82) is 0 Å². The molecule has 0 aliphatic heterocycles. The summed E-state index contributed by atoms with van der Waals surface area (Å²) in [6.45, 7) is 1.83. The molecule has 80 valence electrons. The van der Waals surface area contributed by atoms with Crippen LogP contribution < -0.4 is 0 Å². The van der Waals surface area contributed by atoms with E-state index in [1.54, 1.807) is 6.08 Å². The van der Waals surface area contributed by atoms with Gasteiger partial charge in [0, 0.05) is 14.5 Å². The van der Waals surface area contributed by atoms with Crippen molar-refractivity contribution in [3.05, 3.63) is 38.3 Å². The fraction of sp³-hybridized carbons (Fsp3) is 0.182. The first-order valence-corrected chi connectivity index (χ1v) is 6.01. The van der Waals surface area contributed by atoms with Gasteiger partial charge in [-0.05, 0) is 36.3 Å². The smallest absolute Gasteiger partial charge is 0.331 e. The van der Waals surface area contributed by atoms with Crippen LogP contribution in [0.5, 0.6) is 0 Å². The molecule has 0 radical (unpaired) electrons. The molecule has 4 heteroatoms. The summed E-state index contributed by atoms with van der Waals surface area (Å²) in [5.74, 6) is -0.867. The van der Waals surface area contributed by atoms with Crippen molar-refractivity contribution in [3.63, 3.8) is 0 Å². The number of hydrogen-bond acceptors (Lipinski definition) is 1. The Morgan fingerprint density at radius 2 is 1.87 bits per heavy atom. The molecule has 0 fully saturated rings. The summed E-state index contributed by atoms with van der Waals surface area (Å²) in [6, 6.07) is 5.66. The van der Waals surface area contributed by atoms with Gasteiger partial charge < -0.3 is 5.11 Å². The third-order valence-corrected chi connectivity index (χ3v) is 2.80. The second-order valence-corrected chi connectivity index (χ2v) is 4.86. The first-order chi connectivity index (χ1) is 7.02. The van der Waals surface area contributed by atoms with E-state index >= 15 is 0 Å². The lowest BCUT2D eigenvalue weighted by molar-refractivity contribution is -0.132. The van der Waals surface area contributed by atoms with Crippen molar-refractivity contribution in [2.24, 2.45) is 0 Å². The Hall–Kier alpha value is -0.610. The van der Waals surface area contributed by atoms with Crippen molar-refractivity contribution in [2.45, 2.75) is 13.3 Å². The summed E-state index contributed by atoms with van der Waals surface area (Å²) in [7, 11) is 0. The molecule has 1 N–H and O–H groups in total. The summed E-state index contributed by atoms with van der Waals surface area (Å²) >= 11 is 6.71. The van der Waals surface area contributed by atoms with Crippen LogP contribution in [0, 0.1) is 0 Å². The van der Waals surface area contributed by atoms with Crippen LogP contribution in [0.2, 0.25) is 0 Å². The van der Waals surface area contributed by atoms with E-state index in [4.69, 9.17) is 5.11 Å². The van der Waals surface area contributed by atoms with Crippen LogP contribution in [-0.4, -0.2) is 11.1 Å². The first-order valence-electron chi connectivity index (χ1n) is 4.43. The van der Waals surface area contributed by atoms with Gasteiger partial charge in [-0.3, -0.25) is 0 Å². The zero-order valence-electron chi connectivity index (χ0n) is 8.13. The molecule has 0 saturated heterocycles. The highest BCUT2D eigenvalue weighted by molar-refractivity contribution is 9.11. The van der Waals surface area contributed by atoms with E-state index in [9.17, 15) is 4.79 Å². The molecule has 1 aromatic rings. The average molecular weight is 334 g/mol. The number of carbonyl (C=O) groups is 1. The normalized spacial score (nSPS) is 11.5. The molecule has 0 amide bonds. The number of carboxylic acid groups (broad SMARTS) is 1. The van der Waals surface area contributed by atoms with Gasteiger partial charge >= 0.3 is 5.97 Å². The van der Waals surface area contributed by atoms with E-state index in [2.05, 4.69) is 31.9 Å². The number of benzene rings is 1. The summed E-state index contributed by atoms with van der Waals surface area (Å²) in [6.07, 6.45) is 2.19. The topological polar surface area (TPSA) is 37.3 Å². The lowest BCUT2D eigenvalue weighted by atomic mass is 10.1. The van der Waals surface area contributed by atoms with Crippen molar-refractivity contribution < 1.29 is 9.90 Å². The van der Waals surface area contributed by atoms with Gasteiger partial charge in [0.25, 0.3) is 0 Å². The van der Waals surface area contributed by atoms with Gasteiger partial charge in [0.2, 0.25) is 0 Å². The Kier molecular flexibility index (Phi) is 4.54. The van der Waals surface area contributed by atoms with Gasteiger partial charge in [0.05, 0.1) is 0 Å². The third kappa shape index (κ3) is 3.80. The van der Waals surface area contributed by atoms with Gasteiger partial charge in [-0.2, -0.15) is 0 Å². The minimum absolute atomic E-state index is 0.403. The van der Waals surface area contributed by atoms with Gasteiger partial charge in [-0.25, -0.2) is 4.79 Å². The molecule has 0 heterocycles. The van der Waals surface area contributed by atoms with E-state index in [-0.39, 0.29) is 0 Å². The van der Waals surface area contributed by atoms with E-state index in [0.717, 1.165) is 14.5 Å². The van der Waals surface area contributed by atoms with Gasteiger partial charge in [-0.15, -0.1) is 0 Å². The van der Waals surface area contributed by atoms with Gasteiger partial charge in [-0.1, -0.05) is 38.8 Å². The molecule has 1 rings (SSSR count). The Labute approximate surface area is 105 Å². The molecule has 0 spiro atoms. The molecular weight excluding hydrogens is 324 g/mol. The zero-order valence-corrected chi connectivity index (χ0v) is 11.3. The van der Waals surface area contributed by atoms with Crippen LogP contribution >= 0.6 is 31.9 Å². The van der Waals surface area contributed by atoms with Crippen molar-refractivity contribution >= 4 is 43.9 Å². The standard InChI is InChI=1S/C11H10Br2O2/c1-2-8(11(14)15)3-7-4-9(12)6-10(13)5-7/h3-6H,2H2,1H3,(H,14,15)/b8-3+. The molecular formula is C11H10Br2O2. The van der Waals surface area contributed by atoms with Crippen LogP contribution in [0.1, 0.15) is 18.9 Å². The molecule has 0 unspecified atom stereocenters.